The van der Waals surface area contributed by atoms with Crippen LogP contribution in [0.3, 0.4) is 0 Å². The number of unbranched alkanes of at least 4 members (excludes halogenated alkanes) is 2. The van der Waals surface area contributed by atoms with Gasteiger partial charge in [-0.15, -0.1) is 0 Å². The van der Waals surface area contributed by atoms with Gasteiger partial charge in [-0.1, -0.05) is 38.8 Å². The molecule has 0 atom stereocenters. The quantitative estimate of drug-likeness (QED) is 0.567. The molecule has 4 heteroatoms. The van der Waals surface area contributed by atoms with E-state index >= 15 is 0 Å². The van der Waals surface area contributed by atoms with Gasteiger partial charge < -0.3 is 14.4 Å². The van der Waals surface area contributed by atoms with Gasteiger partial charge in [-0.2, -0.15) is 0 Å². The first kappa shape index (κ1) is 19.0. The van der Waals surface area contributed by atoms with Gasteiger partial charge in [0.1, 0.15) is 17.6 Å². The first-order valence-electron chi connectivity index (χ1n) is 9.74. The molecule has 0 radical (unpaired) electrons. The van der Waals surface area contributed by atoms with Crippen molar-refractivity contribution >= 4 is 16.7 Å². The van der Waals surface area contributed by atoms with Crippen molar-refractivity contribution < 1.29 is 9.52 Å². The van der Waals surface area contributed by atoms with Crippen LogP contribution in [0.5, 0.6) is 5.75 Å². The second-order valence-corrected chi connectivity index (χ2v) is 6.90. The van der Waals surface area contributed by atoms with E-state index in [2.05, 4.69) is 30.9 Å². The zero-order valence-electron chi connectivity index (χ0n) is 16.1. The predicted octanol–water partition coefficient (Wildman–Crippen LogP) is 5.57. The van der Waals surface area contributed by atoms with E-state index in [0.29, 0.717) is 16.5 Å². The Balaban J connectivity index is 1.90. The van der Waals surface area contributed by atoms with Gasteiger partial charge in [-0.05, 0) is 42.7 Å². The summed E-state index contributed by atoms with van der Waals surface area (Å²) in [6, 6.07) is 12.7. The zero-order valence-corrected chi connectivity index (χ0v) is 16.1. The highest BCUT2D eigenvalue weighted by atomic mass is 16.3. The SMILES string of the molecule is CCCCN(CCCC)c1ccc(-c2coc3cc(O)ccc3c2=O)cc1. The molecular formula is C23H27NO3. The Labute approximate surface area is 160 Å². The number of benzene rings is 2. The van der Waals surface area contributed by atoms with Crippen molar-refractivity contribution in [2.45, 2.75) is 39.5 Å². The average molecular weight is 365 g/mol. The van der Waals surface area contributed by atoms with Crippen LogP contribution in [0.4, 0.5) is 5.69 Å². The highest BCUT2D eigenvalue weighted by molar-refractivity contribution is 5.82. The minimum atomic E-state index is -0.0853. The maximum atomic E-state index is 12.8. The number of phenols is 1. The van der Waals surface area contributed by atoms with Crippen LogP contribution in [0.1, 0.15) is 39.5 Å². The molecule has 2 aromatic carbocycles. The number of anilines is 1. The van der Waals surface area contributed by atoms with Gasteiger partial charge in [0.05, 0.1) is 10.9 Å². The van der Waals surface area contributed by atoms with E-state index in [1.807, 2.05) is 12.1 Å². The van der Waals surface area contributed by atoms with Gasteiger partial charge in [0.2, 0.25) is 0 Å². The van der Waals surface area contributed by atoms with Crippen LogP contribution in [0.2, 0.25) is 0 Å². The Bertz CT molecular complexity index is 936. The van der Waals surface area contributed by atoms with Crippen molar-refractivity contribution in [1.82, 2.24) is 0 Å². The smallest absolute Gasteiger partial charge is 0.200 e. The fourth-order valence-corrected chi connectivity index (χ4v) is 3.24. The number of nitrogens with zero attached hydrogens (tertiary/aromatic N) is 1. The van der Waals surface area contributed by atoms with Crippen molar-refractivity contribution in [1.29, 1.82) is 0 Å². The number of fused-ring (bicyclic) bond motifs is 1. The molecule has 0 fully saturated rings. The first-order chi connectivity index (χ1) is 13.1. The van der Waals surface area contributed by atoms with Crippen molar-refractivity contribution in [3.63, 3.8) is 0 Å². The van der Waals surface area contributed by atoms with E-state index in [9.17, 15) is 9.90 Å². The van der Waals surface area contributed by atoms with Crippen molar-refractivity contribution in [3.8, 4) is 16.9 Å². The first-order valence-corrected chi connectivity index (χ1v) is 9.74. The summed E-state index contributed by atoms with van der Waals surface area (Å²) in [7, 11) is 0. The standard InChI is InChI=1S/C23H27NO3/c1-3-5-13-24(14-6-4-2)18-9-7-17(8-10-18)21-16-27-22-15-19(25)11-12-20(22)23(21)26/h7-12,15-16,25H,3-6,13-14H2,1-2H3. The molecule has 1 N–H and O–H groups in total. The molecule has 0 bridgehead atoms. The van der Waals surface area contributed by atoms with Crippen LogP contribution >= 0.6 is 0 Å². The van der Waals surface area contributed by atoms with Crippen LogP contribution in [0.15, 0.2) is 57.9 Å². The molecule has 0 amide bonds. The van der Waals surface area contributed by atoms with Gasteiger partial charge in [-0.3, -0.25) is 4.79 Å². The summed E-state index contributed by atoms with van der Waals surface area (Å²) in [6.45, 7) is 6.52. The number of rotatable bonds is 8. The van der Waals surface area contributed by atoms with Crippen LogP contribution in [-0.2, 0) is 0 Å². The van der Waals surface area contributed by atoms with Crippen LogP contribution in [0, 0.1) is 0 Å². The van der Waals surface area contributed by atoms with Gasteiger partial charge in [0.15, 0.2) is 5.43 Å². The Hall–Kier alpha value is -2.75. The summed E-state index contributed by atoms with van der Waals surface area (Å²) in [6.07, 6.45) is 6.17. The third-order valence-corrected chi connectivity index (χ3v) is 4.86. The van der Waals surface area contributed by atoms with Gasteiger partial charge in [-0.25, -0.2) is 0 Å². The highest BCUT2D eigenvalue weighted by Gasteiger charge is 2.11. The lowest BCUT2D eigenvalue weighted by Gasteiger charge is -2.25. The topological polar surface area (TPSA) is 53.7 Å². The third kappa shape index (κ3) is 4.33. The molecule has 0 saturated heterocycles. The van der Waals surface area contributed by atoms with Crippen LogP contribution in [0.25, 0.3) is 22.1 Å². The molecule has 0 unspecified atom stereocenters. The van der Waals surface area contributed by atoms with Gasteiger partial charge in [0, 0.05) is 24.8 Å². The van der Waals surface area contributed by atoms with Gasteiger partial charge >= 0.3 is 0 Å². The second kappa shape index (κ2) is 8.76. The van der Waals surface area contributed by atoms with Crippen LogP contribution in [-0.4, -0.2) is 18.2 Å². The third-order valence-electron chi connectivity index (χ3n) is 4.86. The summed E-state index contributed by atoms with van der Waals surface area (Å²) in [5.41, 5.74) is 2.88. The highest BCUT2D eigenvalue weighted by Crippen LogP contribution is 2.25. The molecule has 1 heterocycles. The van der Waals surface area contributed by atoms with E-state index in [1.54, 1.807) is 6.07 Å². The lowest BCUT2D eigenvalue weighted by molar-refractivity contribution is 0.474. The minimum Gasteiger partial charge on any atom is -0.508 e. The Kier molecular flexibility index (Phi) is 6.17. The lowest BCUT2D eigenvalue weighted by Crippen LogP contribution is -2.25. The van der Waals surface area contributed by atoms with Gasteiger partial charge in [0.25, 0.3) is 0 Å². The normalized spacial score (nSPS) is 11.0. The summed E-state index contributed by atoms with van der Waals surface area (Å²) in [5.74, 6) is 0.0852. The fraction of sp³-hybridized carbons (Fsp3) is 0.348. The molecule has 4 nitrogen and oxygen atoms in total. The molecule has 0 spiro atoms. The number of hydrogen-bond donors (Lipinski definition) is 1. The molecular weight excluding hydrogens is 338 g/mol. The fourth-order valence-electron chi connectivity index (χ4n) is 3.24. The Morgan fingerprint density at radius 2 is 1.63 bits per heavy atom. The summed E-state index contributed by atoms with van der Waals surface area (Å²) < 4.78 is 5.57. The largest absolute Gasteiger partial charge is 0.508 e. The predicted molar refractivity (Wildman–Crippen MR) is 112 cm³/mol. The summed E-state index contributed by atoms with van der Waals surface area (Å²) >= 11 is 0. The summed E-state index contributed by atoms with van der Waals surface area (Å²) in [4.78, 5) is 15.2. The van der Waals surface area contributed by atoms with Crippen molar-refractivity contribution in [2.24, 2.45) is 0 Å². The number of aromatic hydroxyl groups is 1. The average Bonchev–Trinajstić information content (AvgIpc) is 2.69. The Morgan fingerprint density at radius 3 is 2.26 bits per heavy atom. The maximum absolute atomic E-state index is 12.8. The van der Waals surface area contributed by atoms with Crippen LogP contribution < -0.4 is 10.3 Å². The van der Waals surface area contributed by atoms with E-state index in [-0.39, 0.29) is 11.2 Å². The molecule has 3 aromatic rings. The number of phenolic OH excluding ortho intramolecular Hbond substituents is 1. The zero-order chi connectivity index (χ0) is 19.2. The second-order valence-electron chi connectivity index (χ2n) is 6.90. The van der Waals surface area contributed by atoms with Crippen molar-refractivity contribution in [3.05, 3.63) is 59.0 Å². The molecule has 1 aromatic heterocycles. The molecule has 0 aliphatic rings. The molecule has 27 heavy (non-hydrogen) atoms. The molecule has 0 aliphatic heterocycles. The van der Waals surface area contributed by atoms with E-state index in [1.165, 1.54) is 49.8 Å². The lowest BCUT2D eigenvalue weighted by atomic mass is 10.0. The minimum absolute atomic E-state index is 0.0852. The maximum Gasteiger partial charge on any atom is 0.200 e. The Morgan fingerprint density at radius 1 is 0.963 bits per heavy atom. The van der Waals surface area contributed by atoms with E-state index in [0.717, 1.165) is 18.7 Å². The molecule has 0 saturated carbocycles. The van der Waals surface area contributed by atoms with E-state index < -0.39 is 0 Å². The summed E-state index contributed by atoms with van der Waals surface area (Å²) in [5, 5.41) is 10.0. The number of hydrogen-bond acceptors (Lipinski definition) is 4. The monoisotopic (exact) mass is 365 g/mol. The molecule has 0 aliphatic carbocycles. The van der Waals surface area contributed by atoms with Crippen molar-refractivity contribution in [2.75, 3.05) is 18.0 Å². The van der Waals surface area contributed by atoms with E-state index in [4.69, 9.17) is 4.42 Å². The molecule has 3 rings (SSSR count). The molecule has 142 valence electrons.